The molecule has 10 bridgehead atoms. The molecule has 2 N–H and O–H groups in total. The van der Waals surface area contributed by atoms with E-state index in [4.69, 9.17) is 10.5 Å². The van der Waals surface area contributed by atoms with Crippen LogP contribution in [0.1, 0.15) is 219 Å². The summed E-state index contributed by atoms with van der Waals surface area (Å²) in [6.07, 6.45) is 20.7. The SMILES string of the molecule is C=C(C)C(=O)OCCCCCCCCCCCn1cc(-c2cc3cc(c2)C(C#N)=Cc2cc(cc(C(C)(C)C)c2)C(C#N)=Cc2cc(cc(C(C)(C)N)c2)C(C#N)=Cc2cc(cc(C(C)(C)C)c2)C(C#N)=Cc2cc(cc(C(C)(C)C)c2)C(C#N)=C3)nn1. The van der Waals surface area contributed by atoms with Gasteiger partial charge in [-0.15, -0.1) is 5.10 Å². The normalized spacial score (nSPS) is 13.0. The first-order valence-corrected chi connectivity index (χ1v) is 30.5. The first kappa shape index (κ1) is 66.1. The Balaban J connectivity index is 1.39. The Morgan fingerprint density at radius 2 is 0.761 bits per heavy atom. The van der Waals surface area contributed by atoms with Gasteiger partial charge >= 0.3 is 5.97 Å². The fourth-order valence-electron chi connectivity index (χ4n) is 10.4. The second kappa shape index (κ2) is 28.4. The van der Waals surface area contributed by atoms with Crippen molar-refractivity contribution in [2.45, 2.75) is 169 Å². The second-order valence-corrected chi connectivity index (χ2v) is 27.0. The first-order valence-electron chi connectivity index (χ1n) is 30.5. The number of benzene rings is 5. The average Bonchev–Trinajstić information content (AvgIpc) is 2.62. The van der Waals surface area contributed by atoms with Crippen LogP contribution in [0.3, 0.4) is 0 Å². The monoisotopic (exact) mass is 1170 g/mol. The molecule has 0 aliphatic heterocycles. The van der Waals surface area contributed by atoms with E-state index in [0.717, 1.165) is 91.2 Å². The Labute approximate surface area is 522 Å². The van der Waals surface area contributed by atoms with Gasteiger partial charge in [0.2, 0.25) is 0 Å². The highest BCUT2D eigenvalue weighted by molar-refractivity contribution is 5.98. The molecule has 1 aliphatic carbocycles. The van der Waals surface area contributed by atoms with Crippen LogP contribution in [-0.4, -0.2) is 27.6 Å². The molecule has 0 fully saturated rings. The number of aromatic nitrogens is 3. The van der Waals surface area contributed by atoms with Crippen LogP contribution in [0, 0.1) is 56.7 Å². The van der Waals surface area contributed by atoms with Crippen molar-refractivity contribution in [1.29, 1.82) is 26.3 Å². The molecule has 0 radical (unpaired) electrons. The average molecular weight is 1170 g/mol. The summed E-state index contributed by atoms with van der Waals surface area (Å²) in [5, 5.41) is 64.7. The molecule has 11 heteroatoms. The lowest BCUT2D eigenvalue weighted by molar-refractivity contribution is -0.139. The van der Waals surface area contributed by atoms with E-state index in [2.05, 4.69) is 122 Å². The van der Waals surface area contributed by atoms with Crippen LogP contribution in [0.4, 0.5) is 0 Å². The zero-order valence-electron chi connectivity index (χ0n) is 53.6. The van der Waals surface area contributed by atoms with Crippen molar-refractivity contribution in [2.75, 3.05) is 6.61 Å². The van der Waals surface area contributed by atoms with Gasteiger partial charge in [-0.25, -0.2) is 4.79 Å². The van der Waals surface area contributed by atoms with Gasteiger partial charge in [0.25, 0.3) is 0 Å². The molecule has 0 saturated heterocycles. The molecule has 11 nitrogen and oxygen atoms in total. The van der Waals surface area contributed by atoms with E-state index < -0.39 is 5.54 Å². The molecule has 1 aliphatic rings. The topological polar surface area (TPSA) is 202 Å². The molecule has 448 valence electrons. The van der Waals surface area contributed by atoms with Crippen molar-refractivity contribution in [3.8, 4) is 41.6 Å². The van der Waals surface area contributed by atoms with E-state index in [0.29, 0.717) is 102 Å². The van der Waals surface area contributed by atoms with E-state index in [1.54, 1.807) is 6.92 Å². The van der Waals surface area contributed by atoms with Crippen molar-refractivity contribution >= 4 is 64.2 Å². The summed E-state index contributed by atoms with van der Waals surface area (Å²) in [5.74, 6) is -0.327. The molecular formula is C77H83N9O2. The fraction of sp³-hybridized carbons (Fsp3) is 0.351. The smallest absolute Gasteiger partial charge is 0.333 e. The van der Waals surface area contributed by atoms with Gasteiger partial charge < -0.3 is 10.5 Å². The van der Waals surface area contributed by atoms with Crippen molar-refractivity contribution < 1.29 is 9.53 Å². The van der Waals surface area contributed by atoms with Crippen LogP contribution in [-0.2, 0) is 37.9 Å². The Bertz CT molecular complexity index is 3990. The Kier molecular flexibility index (Phi) is 21.3. The molecule has 6 aromatic rings. The molecule has 88 heavy (non-hydrogen) atoms. The Morgan fingerprint density at radius 3 is 1.10 bits per heavy atom. The highest BCUT2D eigenvalue weighted by atomic mass is 16.5. The predicted octanol–water partition coefficient (Wildman–Crippen LogP) is 18.3. The van der Waals surface area contributed by atoms with E-state index in [-0.39, 0.29) is 22.2 Å². The van der Waals surface area contributed by atoms with Gasteiger partial charge in [-0.3, -0.25) is 4.68 Å². The molecule has 7 rings (SSSR count). The number of esters is 1. The van der Waals surface area contributed by atoms with Gasteiger partial charge in [-0.05, 0) is 231 Å². The summed E-state index contributed by atoms with van der Waals surface area (Å²) in [5.41, 5.74) is 18.8. The van der Waals surface area contributed by atoms with Crippen molar-refractivity contribution in [3.63, 3.8) is 0 Å². The number of carbonyl (C=O) groups excluding carboxylic acids is 1. The molecule has 1 heterocycles. The third-order valence-electron chi connectivity index (χ3n) is 15.8. The minimum atomic E-state index is -0.826. The maximum Gasteiger partial charge on any atom is 0.333 e. The molecule has 0 atom stereocenters. The minimum Gasteiger partial charge on any atom is -0.462 e. The minimum absolute atomic E-state index is 0.327. The largest absolute Gasteiger partial charge is 0.462 e. The summed E-state index contributed by atoms with van der Waals surface area (Å²) in [6, 6.07) is 42.0. The van der Waals surface area contributed by atoms with Gasteiger partial charge in [0.15, 0.2) is 0 Å². The highest BCUT2D eigenvalue weighted by Crippen LogP contribution is 2.37. The molecule has 0 spiro atoms. The van der Waals surface area contributed by atoms with Crippen LogP contribution >= 0.6 is 0 Å². The Morgan fingerprint density at radius 1 is 0.455 bits per heavy atom. The van der Waals surface area contributed by atoms with E-state index >= 15 is 0 Å². The number of rotatable bonds is 15. The molecular weight excluding hydrogens is 1080 g/mol. The number of nitriles is 5. The van der Waals surface area contributed by atoms with Crippen molar-refractivity contribution in [1.82, 2.24) is 15.0 Å². The molecule has 5 aromatic carbocycles. The maximum absolute atomic E-state index is 11.6. The molecule has 0 amide bonds. The van der Waals surface area contributed by atoms with E-state index in [1.165, 1.54) is 0 Å². The number of hydrogen-bond donors (Lipinski definition) is 1. The van der Waals surface area contributed by atoms with Gasteiger partial charge in [0, 0.05) is 23.2 Å². The van der Waals surface area contributed by atoms with Gasteiger partial charge in [0.05, 0.1) is 71.0 Å². The number of nitrogens with two attached hydrogens (primary N) is 1. The zero-order valence-corrected chi connectivity index (χ0v) is 53.6. The summed E-state index contributed by atoms with van der Waals surface area (Å²) in [4.78, 5) is 11.6. The summed E-state index contributed by atoms with van der Waals surface area (Å²) < 4.78 is 7.07. The van der Waals surface area contributed by atoms with Crippen LogP contribution in [0.25, 0.3) is 69.5 Å². The standard InChI is InChI=1S/C77H83N9O2/c1-51(2)73(87)88-24-22-20-18-16-14-15-17-19-21-23-86-50-72(84-85-86)62-30-52-25-57(40-62)63(45-78)32-53-26-60(43-68(36-53)74(3,4)5)66(48-81)35-56-29-61(44-71(39-56)77(12,13)83)67(49-82)34-55-28-59(42-70(38-55)76(9,10)11)65(47-80)33-54-27-58(64(31-52)46-79)41-69(37-54)75(6,7)8/h25-44,50H,1,14-24,83H2,2-13H3. The summed E-state index contributed by atoms with van der Waals surface area (Å²) in [6.45, 7) is 29.2. The van der Waals surface area contributed by atoms with E-state index in [1.807, 2.05) is 134 Å². The fourth-order valence-corrected chi connectivity index (χ4v) is 10.4. The van der Waals surface area contributed by atoms with Crippen molar-refractivity contribution in [3.05, 3.63) is 187 Å². The predicted molar refractivity (Wildman–Crippen MR) is 359 cm³/mol. The van der Waals surface area contributed by atoms with Crippen molar-refractivity contribution in [2.24, 2.45) is 5.73 Å². The summed E-state index contributed by atoms with van der Waals surface area (Å²) in [7, 11) is 0. The zero-order chi connectivity index (χ0) is 64.1. The first-order chi connectivity index (χ1) is 41.6. The Hall–Kier alpha value is -9.44. The quantitative estimate of drug-likeness (QED) is 0.0585. The van der Waals surface area contributed by atoms with Crippen LogP contribution in [0.5, 0.6) is 0 Å². The van der Waals surface area contributed by atoms with Gasteiger partial charge in [-0.1, -0.05) is 137 Å². The third kappa shape index (κ3) is 17.8. The number of carbonyl (C=O) groups is 1. The van der Waals surface area contributed by atoms with Gasteiger partial charge in [-0.2, -0.15) is 26.3 Å². The number of ether oxygens (including phenoxy) is 1. The third-order valence-corrected chi connectivity index (χ3v) is 15.8. The summed E-state index contributed by atoms with van der Waals surface area (Å²) >= 11 is 0. The highest BCUT2D eigenvalue weighted by Gasteiger charge is 2.23. The number of aryl methyl sites for hydroxylation is 1. The lowest BCUT2D eigenvalue weighted by Gasteiger charge is -2.22. The lowest BCUT2D eigenvalue weighted by atomic mass is 9.82. The van der Waals surface area contributed by atoms with Crippen LogP contribution < -0.4 is 5.73 Å². The van der Waals surface area contributed by atoms with Crippen LogP contribution in [0.15, 0.2) is 109 Å². The number of unbranched alkanes of at least 4 members (excludes halogenated alkanes) is 8. The second-order valence-electron chi connectivity index (χ2n) is 27.0. The number of allylic oxidation sites excluding steroid dienone is 5. The lowest BCUT2D eigenvalue weighted by Crippen LogP contribution is -2.28. The molecule has 0 saturated carbocycles. The number of nitrogens with zero attached hydrogens (tertiary/aromatic N) is 8. The maximum atomic E-state index is 11.6. The molecule has 0 unspecified atom stereocenters. The van der Waals surface area contributed by atoms with E-state index in [9.17, 15) is 31.1 Å². The van der Waals surface area contributed by atoms with Crippen LogP contribution in [0.2, 0.25) is 0 Å². The number of fused-ring (bicyclic) bond motifs is 10. The molecule has 1 aromatic heterocycles. The van der Waals surface area contributed by atoms with Gasteiger partial charge in [0.1, 0.15) is 5.69 Å². The number of hydrogen-bond acceptors (Lipinski definition) is 10.